The molecule has 8 heteroatoms. The van der Waals surface area contributed by atoms with Crippen molar-refractivity contribution in [1.82, 2.24) is 15.1 Å². The second-order valence-electron chi connectivity index (χ2n) is 4.77. The maximum atomic E-state index is 12.2. The SMILES string of the molecule is Cn1cc(C(=O)NCCCN)c(-c2ccc([N+](=O)[O-])cc2)n1. The van der Waals surface area contributed by atoms with Gasteiger partial charge in [0.05, 0.1) is 10.5 Å². The number of amides is 1. The molecule has 0 radical (unpaired) electrons. The minimum atomic E-state index is -0.470. The minimum absolute atomic E-state index is 0.00590. The Kier molecular flexibility index (Phi) is 4.84. The Morgan fingerprint density at radius 3 is 2.68 bits per heavy atom. The first kappa shape index (κ1) is 15.6. The number of nitro benzene ring substituents is 1. The topological polar surface area (TPSA) is 116 Å². The molecule has 0 unspecified atom stereocenters. The monoisotopic (exact) mass is 303 g/mol. The van der Waals surface area contributed by atoms with Crippen LogP contribution in [-0.4, -0.2) is 33.7 Å². The molecule has 1 heterocycles. The fourth-order valence-electron chi connectivity index (χ4n) is 2.01. The number of carbonyl (C=O) groups excluding carboxylic acids is 1. The van der Waals surface area contributed by atoms with Crippen molar-refractivity contribution in [1.29, 1.82) is 0 Å². The Morgan fingerprint density at radius 2 is 2.09 bits per heavy atom. The summed E-state index contributed by atoms with van der Waals surface area (Å²) in [6, 6.07) is 5.94. The lowest BCUT2D eigenvalue weighted by Crippen LogP contribution is -2.26. The Labute approximate surface area is 127 Å². The van der Waals surface area contributed by atoms with Crippen LogP contribution in [0.25, 0.3) is 11.3 Å². The van der Waals surface area contributed by atoms with Crippen molar-refractivity contribution < 1.29 is 9.72 Å². The highest BCUT2D eigenvalue weighted by Gasteiger charge is 2.17. The molecule has 0 aliphatic heterocycles. The lowest BCUT2D eigenvalue weighted by atomic mass is 10.1. The predicted molar refractivity (Wildman–Crippen MR) is 81.3 cm³/mol. The number of aromatic nitrogens is 2. The third-order valence-electron chi connectivity index (χ3n) is 3.09. The van der Waals surface area contributed by atoms with E-state index in [-0.39, 0.29) is 11.6 Å². The zero-order valence-electron chi connectivity index (χ0n) is 12.2. The highest BCUT2D eigenvalue weighted by molar-refractivity contribution is 5.99. The normalized spacial score (nSPS) is 10.5. The van der Waals surface area contributed by atoms with Gasteiger partial charge in [-0.2, -0.15) is 5.10 Å². The molecular weight excluding hydrogens is 286 g/mol. The van der Waals surface area contributed by atoms with Crippen LogP contribution in [0.2, 0.25) is 0 Å². The van der Waals surface area contributed by atoms with Crippen molar-refractivity contribution in [2.75, 3.05) is 13.1 Å². The lowest BCUT2D eigenvalue weighted by molar-refractivity contribution is -0.384. The Balaban J connectivity index is 2.27. The molecule has 116 valence electrons. The highest BCUT2D eigenvalue weighted by Crippen LogP contribution is 2.24. The minimum Gasteiger partial charge on any atom is -0.352 e. The number of hydrogen-bond acceptors (Lipinski definition) is 5. The smallest absolute Gasteiger partial charge is 0.269 e. The van der Waals surface area contributed by atoms with Crippen LogP contribution in [0, 0.1) is 10.1 Å². The molecule has 0 fully saturated rings. The van der Waals surface area contributed by atoms with Crippen LogP contribution in [0.5, 0.6) is 0 Å². The summed E-state index contributed by atoms with van der Waals surface area (Å²) in [6.45, 7) is 0.993. The van der Waals surface area contributed by atoms with Gasteiger partial charge in [0.15, 0.2) is 0 Å². The lowest BCUT2D eigenvalue weighted by Gasteiger charge is -2.04. The van der Waals surface area contributed by atoms with Crippen molar-refractivity contribution in [3.8, 4) is 11.3 Å². The summed E-state index contributed by atoms with van der Waals surface area (Å²) in [4.78, 5) is 22.4. The zero-order chi connectivity index (χ0) is 16.1. The number of nitrogens with zero attached hydrogens (tertiary/aromatic N) is 3. The molecule has 2 aromatic rings. The number of rotatable bonds is 6. The molecule has 1 aromatic carbocycles. The van der Waals surface area contributed by atoms with Crippen molar-refractivity contribution in [3.05, 3.63) is 46.1 Å². The molecular formula is C14H17N5O3. The molecule has 1 aromatic heterocycles. The second kappa shape index (κ2) is 6.81. The van der Waals surface area contributed by atoms with Crippen molar-refractivity contribution in [3.63, 3.8) is 0 Å². The van der Waals surface area contributed by atoms with Gasteiger partial charge < -0.3 is 11.1 Å². The third-order valence-corrected chi connectivity index (χ3v) is 3.09. The number of nitro groups is 1. The number of aryl methyl sites for hydroxylation is 1. The number of carbonyl (C=O) groups is 1. The van der Waals surface area contributed by atoms with Gasteiger partial charge in [0, 0.05) is 37.5 Å². The van der Waals surface area contributed by atoms with Crippen LogP contribution in [0.15, 0.2) is 30.5 Å². The maximum Gasteiger partial charge on any atom is 0.269 e. The standard InChI is InChI=1S/C14H17N5O3/c1-18-9-12(14(20)16-8-2-7-15)13(17-18)10-3-5-11(6-4-10)19(21)22/h3-6,9H,2,7-8,15H2,1H3,(H,16,20). The predicted octanol–water partition coefficient (Wildman–Crippen LogP) is 1.07. The van der Waals surface area contributed by atoms with Crippen LogP contribution < -0.4 is 11.1 Å². The van der Waals surface area contributed by atoms with E-state index in [1.165, 1.54) is 16.8 Å². The summed E-state index contributed by atoms with van der Waals surface area (Å²) < 4.78 is 1.54. The highest BCUT2D eigenvalue weighted by atomic mass is 16.6. The molecule has 3 N–H and O–H groups in total. The van der Waals surface area contributed by atoms with Gasteiger partial charge in [0.1, 0.15) is 5.69 Å². The largest absolute Gasteiger partial charge is 0.352 e. The van der Waals surface area contributed by atoms with Crippen LogP contribution in [0.4, 0.5) is 5.69 Å². The Hall–Kier alpha value is -2.74. The first-order valence-electron chi connectivity index (χ1n) is 6.79. The quantitative estimate of drug-likeness (QED) is 0.470. The zero-order valence-corrected chi connectivity index (χ0v) is 12.2. The summed E-state index contributed by atoms with van der Waals surface area (Å²) in [6.07, 6.45) is 2.31. The van der Waals surface area contributed by atoms with Crippen molar-refractivity contribution >= 4 is 11.6 Å². The van der Waals surface area contributed by atoms with Crippen molar-refractivity contribution in [2.45, 2.75) is 6.42 Å². The van der Waals surface area contributed by atoms with E-state index in [0.717, 1.165) is 0 Å². The van der Waals surface area contributed by atoms with Gasteiger partial charge >= 0.3 is 0 Å². The summed E-state index contributed by atoms with van der Waals surface area (Å²) in [7, 11) is 1.71. The molecule has 0 aliphatic carbocycles. The summed E-state index contributed by atoms with van der Waals surface area (Å²) in [5, 5.41) is 17.7. The molecule has 0 saturated carbocycles. The van der Waals surface area contributed by atoms with E-state index >= 15 is 0 Å². The summed E-state index contributed by atoms with van der Waals surface area (Å²) in [5.74, 6) is -0.241. The third kappa shape index (κ3) is 3.47. The fourth-order valence-corrected chi connectivity index (χ4v) is 2.01. The number of non-ortho nitro benzene ring substituents is 1. The Bertz CT molecular complexity index is 678. The van der Waals surface area contributed by atoms with Gasteiger partial charge in [-0.05, 0) is 25.1 Å². The van der Waals surface area contributed by atoms with E-state index in [1.54, 1.807) is 25.4 Å². The molecule has 0 atom stereocenters. The van der Waals surface area contributed by atoms with E-state index in [9.17, 15) is 14.9 Å². The number of nitrogens with one attached hydrogen (secondary N) is 1. The van der Waals surface area contributed by atoms with Gasteiger partial charge in [-0.25, -0.2) is 0 Å². The van der Waals surface area contributed by atoms with Gasteiger partial charge in [-0.15, -0.1) is 0 Å². The molecule has 1 amide bonds. The molecule has 0 bridgehead atoms. The van der Waals surface area contributed by atoms with Gasteiger partial charge in [0.2, 0.25) is 0 Å². The Morgan fingerprint density at radius 1 is 1.41 bits per heavy atom. The van der Waals surface area contributed by atoms with E-state index in [1.807, 2.05) is 0 Å². The first-order valence-corrected chi connectivity index (χ1v) is 6.79. The fraction of sp³-hybridized carbons (Fsp3) is 0.286. The van der Waals surface area contributed by atoms with Crippen LogP contribution in [-0.2, 0) is 7.05 Å². The molecule has 2 rings (SSSR count). The van der Waals surface area contributed by atoms with E-state index < -0.39 is 4.92 Å². The average Bonchev–Trinajstić information content (AvgIpc) is 2.89. The number of nitrogens with two attached hydrogens (primary N) is 1. The van der Waals surface area contributed by atoms with E-state index in [4.69, 9.17) is 5.73 Å². The van der Waals surface area contributed by atoms with Gasteiger partial charge in [0.25, 0.3) is 11.6 Å². The molecule has 8 nitrogen and oxygen atoms in total. The second-order valence-corrected chi connectivity index (χ2v) is 4.77. The van der Waals surface area contributed by atoms with Crippen molar-refractivity contribution in [2.24, 2.45) is 12.8 Å². The molecule has 0 saturated heterocycles. The molecule has 0 spiro atoms. The number of benzene rings is 1. The van der Waals surface area contributed by atoms with Gasteiger partial charge in [-0.1, -0.05) is 0 Å². The first-order chi connectivity index (χ1) is 10.5. The van der Waals surface area contributed by atoms with E-state index in [0.29, 0.717) is 36.3 Å². The van der Waals surface area contributed by atoms with Crippen LogP contribution in [0.1, 0.15) is 16.8 Å². The van der Waals surface area contributed by atoms with E-state index in [2.05, 4.69) is 10.4 Å². The van der Waals surface area contributed by atoms with Crippen LogP contribution in [0.3, 0.4) is 0 Å². The molecule has 0 aliphatic rings. The maximum absolute atomic E-state index is 12.2. The van der Waals surface area contributed by atoms with Crippen LogP contribution >= 0.6 is 0 Å². The number of hydrogen-bond donors (Lipinski definition) is 2. The van der Waals surface area contributed by atoms with Gasteiger partial charge in [-0.3, -0.25) is 19.6 Å². The summed E-state index contributed by atoms with van der Waals surface area (Å²) >= 11 is 0. The summed E-state index contributed by atoms with van der Waals surface area (Å²) in [5.41, 5.74) is 6.95. The molecule has 22 heavy (non-hydrogen) atoms. The average molecular weight is 303 g/mol.